The average molecular weight is 530 g/mol. The second-order valence-corrected chi connectivity index (χ2v) is 9.10. The lowest BCUT2D eigenvalue weighted by atomic mass is 9.96. The quantitative estimate of drug-likeness (QED) is 0.0854. The molecule has 2 rings (SSSR count). The third-order valence-electron chi connectivity index (χ3n) is 6.11. The lowest BCUT2D eigenvalue weighted by Crippen LogP contribution is -2.53. The summed E-state index contributed by atoms with van der Waals surface area (Å²) in [7, 11) is 0. The zero-order valence-electron chi connectivity index (χ0n) is 22.6. The zero-order valence-corrected chi connectivity index (χ0v) is 22.6. The van der Waals surface area contributed by atoms with E-state index in [2.05, 4.69) is 16.2 Å². The van der Waals surface area contributed by atoms with Crippen LogP contribution in [0.15, 0.2) is 47.7 Å². The Hall–Kier alpha value is -3.54. The van der Waals surface area contributed by atoms with Crippen LogP contribution in [0.3, 0.4) is 0 Å². The molecule has 0 spiro atoms. The van der Waals surface area contributed by atoms with Gasteiger partial charge in [0.2, 0.25) is 0 Å². The third-order valence-corrected chi connectivity index (χ3v) is 6.11. The minimum atomic E-state index is -0.610. The van der Waals surface area contributed by atoms with E-state index in [4.69, 9.17) is 11.3 Å². The molecule has 0 radical (unpaired) electrons. The van der Waals surface area contributed by atoms with Crippen LogP contribution >= 0.6 is 0 Å². The van der Waals surface area contributed by atoms with Crippen LogP contribution in [0.4, 0.5) is 9.18 Å². The van der Waals surface area contributed by atoms with Crippen molar-refractivity contribution in [2.24, 2.45) is 5.84 Å². The Balaban J connectivity index is 2.16. The molecule has 1 aromatic rings. The Morgan fingerprint density at radius 1 is 1.32 bits per heavy atom. The summed E-state index contributed by atoms with van der Waals surface area (Å²) in [5.74, 6) is 4.44. The summed E-state index contributed by atoms with van der Waals surface area (Å²) < 4.78 is 14.8. The number of fused-ring (bicyclic) bond motifs is 1. The van der Waals surface area contributed by atoms with E-state index in [9.17, 15) is 19.1 Å². The highest BCUT2D eigenvalue weighted by atomic mass is 19.1. The van der Waals surface area contributed by atoms with Crippen molar-refractivity contribution in [3.05, 3.63) is 70.2 Å². The van der Waals surface area contributed by atoms with Gasteiger partial charge in [-0.1, -0.05) is 31.6 Å². The number of aliphatic hydroxyl groups is 1. The molecule has 3 amide bonds. The van der Waals surface area contributed by atoms with Gasteiger partial charge in [0.1, 0.15) is 11.7 Å². The number of unbranched alkanes of at least 4 members (excludes halogenated alkanes) is 1. The number of nitrogens with zero attached hydrogens (tertiary/aromatic N) is 2. The largest absolute Gasteiger partial charge is 0.394 e. The Morgan fingerprint density at radius 2 is 2.05 bits per heavy atom. The number of amides is 3. The fourth-order valence-electron chi connectivity index (χ4n) is 3.95. The number of aliphatic hydroxyl groups excluding tert-OH is 1. The second kappa shape index (κ2) is 15.0. The number of carbonyl (C=O) groups excluding carboxylic acids is 2. The fraction of sp³-hybridized carbons (Fsp3) is 0.444. The van der Waals surface area contributed by atoms with Crippen LogP contribution in [0.2, 0.25) is 0 Å². The maximum Gasteiger partial charge on any atom is 0.317 e. The van der Waals surface area contributed by atoms with E-state index in [0.29, 0.717) is 37.3 Å². The highest BCUT2D eigenvalue weighted by molar-refractivity contribution is 5.98. The molecule has 0 saturated carbocycles. The summed E-state index contributed by atoms with van der Waals surface area (Å²) >= 11 is 0. The highest BCUT2D eigenvalue weighted by Gasteiger charge is 2.24. The summed E-state index contributed by atoms with van der Waals surface area (Å²) in [6, 6.07) is 2.29. The van der Waals surface area contributed by atoms with Gasteiger partial charge >= 0.3 is 6.03 Å². The van der Waals surface area contributed by atoms with Gasteiger partial charge in [-0.25, -0.2) is 9.18 Å². The molecule has 1 atom stereocenters. The van der Waals surface area contributed by atoms with Crippen molar-refractivity contribution in [3.8, 4) is 0 Å². The number of hydrogen-bond donors (Lipinski definition) is 6. The van der Waals surface area contributed by atoms with Crippen LogP contribution < -0.4 is 22.0 Å². The van der Waals surface area contributed by atoms with Crippen molar-refractivity contribution in [2.45, 2.75) is 59.5 Å². The highest BCUT2D eigenvalue weighted by Crippen LogP contribution is 2.23. The van der Waals surface area contributed by atoms with E-state index in [1.165, 1.54) is 17.1 Å². The van der Waals surface area contributed by atoms with Crippen LogP contribution in [-0.2, 0) is 13.0 Å². The molecule has 0 fully saturated rings. The topological polar surface area (TPSA) is 147 Å². The minimum absolute atomic E-state index is 0.0895. The van der Waals surface area contributed by atoms with Crippen molar-refractivity contribution in [1.82, 2.24) is 26.1 Å². The van der Waals surface area contributed by atoms with Crippen LogP contribution in [-0.4, -0.2) is 58.5 Å². The van der Waals surface area contributed by atoms with Crippen LogP contribution in [0.1, 0.15) is 62.0 Å². The van der Waals surface area contributed by atoms with Gasteiger partial charge in [-0.05, 0) is 62.9 Å². The Morgan fingerprint density at radius 3 is 2.68 bits per heavy atom. The maximum atomic E-state index is 14.8. The maximum absolute atomic E-state index is 14.8. The molecule has 0 bridgehead atoms. The summed E-state index contributed by atoms with van der Waals surface area (Å²) in [6.45, 7) is 8.39. The number of allylic oxidation sites excluding steroid dienone is 4. The van der Waals surface area contributed by atoms with Crippen molar-refractivity contribution in [1.29, 1.82) is 5.41 Å². The van der Waals surface area contributed by atoms with E-state index in [0.717, 1.165) is 24.0 Å². The monoisotopic (exact) mass is 529 g/mol. The van der Waals surface area contributed by atoms with Gasteiger partial charge in [-0.15, -0.1) is 0 Å². The van der Waals surface area contributed by atoms with E-state index in [-0.39, 0.29) is 24.0 Å². The van der Waals surface area contributed by atoms with Gasteiger partial charge in [0.25, 0.3) is 5.91 Å². The molecule has 1 unspecified atom stereocenters. The predicted octanol–water partition coefficient (Wildman–Crippen LogP) is 2.87. The molecule has 0 aromatic heterocycles. The van der Waals surface area contributed by atoms with Crippen molar-refractivity contribution in [2.75, 3.05) is 19.7 Å². The van der Waals surface area contributed by atoms with E-state index in [1.807, 2.05) is 19.9 Å². The molecule has 0 saturated heterocycles. The number of amidine groups is 1. The first kappa shape index (κ1) is 30.7. The molecular formula is C27H40FN7O3. The first-order valence-electron chi connectivity index (χ1n) is 12.8. The molecule has 1 aromatic carbocycles. The van der Waals surface area contributed by atoms with Gasteiger partial charge in [-0.3, -0.25) is 21.1 Å². The second-order valence-electron chi connectivity index (χ2n) is 9.10. The van der Waals surface area contributed by atoms with E-state index in [1.54, 1.807) is 37.0 Å². The molecule has 1 aliphatic rings. The number of rotatable bonds is 11. The molecule has 0 aliphatic carbocycles. The zero-order chi connectivity index (χ0) is 28.2. The Kier molecular flexibility index (Phi) is 12.1. The van der Waals surface area contributed by atoms with Crippen molar-refractivity contribution in [3.63, 3.8) is 0 Å². The SMILES string of the molecule is CCC/C=C(/C=C\C=C(/C)NC(=O)c1cc2c(cc1F)CCN(C(=O)NCC)C2)C(=N)N(NN)C(C)CO. The summed E-state index contributed by atoms with van der Waals surface area (Å²) in [5.41, 5.74) is 4.94. The number of urea groups is 1. The van der Waals surface area contributed by atoms with Gasteiger partial charge in [0, 0.05) is 30.9 Å². The third kappa shape index (κ3) is 8.23. The first-order chi connectivity index (χ1) is 18.2. The molecule has 1 aliphatic heterocycles. The number of carbonyl (C=O) groups is 2. The number of benzene rings is 1. The van der Waals surface area contributed by atoms with Crippen LogP contribution in [0.5, 0.6) is 0 Å². The van der Waals surface area contributed by atoms with Gasteiger partial charge in [0.15, 0.2) is 0 Å². The molecule has 11 heteroatoms. The average Bonchev–Trinajstić information content (AvgIpc) is 2.90. The van der Waals surface area contributed by atoms with Crippen LogP contribution in [0, 0.1) is 11.2 Å². The standard InChI is InChI=1S/C27H40FN7O3/c1-5-7-10-20(25(29)35(33-30)19(4)17-36)11-8-9-18(3)32-26(37)23-14-22-16-34(27(38)31-6-2)13-12-21(22)15-24(23)28/h8-11,14-15,19,29,33,36H,5-7,12-13,16-17,30H2,1-4H3,(H,31,38)(H,32,37)/b11-8-,18-9+,20-10-,29-25?. The molecular weight excluding hydrogens is 489 g/mol. The van der Waals surface area contributed by atoms with Crippen LogP contribution in [0.25, 0.3) is 0 Å². The van der Waals surface area contributed by atoms with Crippen molar-refractivity contribution < 1.29 is 19.1 Å². The lowest BCUT2D eigenvalue weighted by Gasteiger charge is -2.29. The smallest absolute Gasteiger partial charge is 0.317 e. The first-order valence-corrected chi connectivity index (χ1v) is 12.8. The Labute approximate surface area is 223 Å². The van der Waals surface area contributed by atoms with Gasteiger partial charge < -0.3 is 20.6 Å². The summed E-state index contributed by atoms with van der Waals surface area (Å²) in [4.78, 5) is 26.7. The number of nitrogens with two attached hydrogens (primary N) is 1. The number of hydrazine groups is 2. The van der Waals surface area contributed by atoms with Gasteiger partial charge in [0.05, 0.1) is 18.2 Å². The summed E-state index contributed by atoms with van der Waals surface area (Å²) in [6.07, 6.45) is 9.06. The Bertz CT molecular complexity index is 1100. The minimum Gasteiger partial charge on any atom is -0.394 e. The molecule has 1 heterocycles. The van der Waals surface area contributed by atoms with Crippen molar-refractivity contribution >= 4 is 17.8 Å². The van der Waals surface area contributed by atoms with Gasteiger partial charge in [-0.2, -0.15) is 5.53 Å². The normalized spacial score (nSPS) is 14.8. The molecule has 208 valence electrons. The molecule has 38 heavy (non-hydrogen) atoms. The van der Waals surface area contributed by atoms with E-state index >= 15 is 0 Å². The lowest BCUT2D eigenvalue weighted by molar-refractivity contribution is 0.0961. The fourth-order valence-corrected chi connectivity index (χ4v) is 3.95. The number of nitrogens with one attached hydrogen (secondary N) is 4. The predicted molar refractivity (Wildman–Crippen MR) is 146 cm³/mol. The number of hydrogen-bond acceptors (Lipinski definition) is 6. The summed E-state index contributed by atoms with van der Waals surface area (Å²) in [5, 5.41) is 24.7. The molecule has 10 nitrogen and oxygen atoms in total. The number of halogens is 1. The van der Waals surface area contributed by atoms with E-state index < -0.39 is 17.8 Å². The molecule has 7 N–H and O–H groups in total.